The van der Waals surface area contributed by atoms with Gasteiger partial charge in [-0.25, -0.2) is 14.4 Å². The summed E-state index contributed by atoms with van der Waals surface area (Å²) in [6, 6.07) is 6.76. The minimum atomic E-state index is -0.638. The van der Waals surface area contributed by atoms with Crippen LogP contribution in [0.3, 0.4) is 0 Å². The summed E-state index contributed by atoms with van der Waals surface area (Å²) >= 11 is 5.98. The van der Waals surface area contributed by atoms with Crippen LogP contribution in [0.2, 0.25) is 6.43 Å². The molecule has 42 heavy (non-hydrogen) atoms. The third kappa shape index (κ3) is 5.78. The normalized spacial score (nSPS) is 24.0. The van der Waals surface area contributed by atoms with E-state index in [1.165, 1.54) is 35.5 Å². The number of nitrogens with zero attached hydrogens (tertiary/aromatic N) is 4. The van der Waals surface area contributed by atoms with E-state index in [0.29, 0.717) is 71.8 Å². The van der Waals surface area contributed by atoms with E-state index in [-0.39, 0.29) is 22.7 Å². The number of carbonyl (C=O) groups excluding carboxylic acids is 2. The highest BCUT2D eigenvalue weighted by molar-refractivity contribution is 6.31. The maximum atomic E-state index is 13.8. The van der Waals surface area contributed by atoms with Gasteiger partial charge in [0.1, 0.15) is 29.8 Å². The largest absolute Gasteiger partial charge is 0.491 e. The van der Waals surface area contributed by atoms with E-state index in [4.69, 9.17) is 17.7 Å². The van der Waals surface area contributed by atoms with Crippen molar-refractivity contribution in [2.75, 3.05) is 43.9 Å². The molecule has 11 heteroatoms. The molecule has 1 aromatic heterocycles. The number of anilines is 3. The van der Waals surface area contributed by atoms with E-state index in [1.807, 2.05) is 0 Å². The van der Waals surface area contributed by atoms with Crippen LogP contribution in [0.5, 0.6) is 5.75 Å². The van der Waals surface area contributed by atoms with Crippen LogP contribution in [0.25, 0.3) is 10.9 Å². The maximum Gasteiger partial charge on any atom is 0.247 e. The van der Waals surface area contributed by atoms with E-state index >= 15 is 0 Å². The van der Waals surface area contributed by atoms with Crippen molar-refractivity contribution in [2.45, 2.75) is 31.7 Å². The fraction of sp³-hybridized carbons (Fsp3) is 0.419. The second-order valence-corrected chi connectivity index (χ2v) is 12.0. The van der Waals surface area contributed by atoms with Crippen LogP contribution in [0.1, 0.15) is 25.7 Å². The Morgan fingerprint density at radius 2 is 2.02 bits per heavy atom. The van der Waals surface area contributed by atoms with Gasteiger partial charge in [0.15, 0.2) is 1.41 Å². The van der Waals surface area contributed by atoms with Crippen molar-refractivity contribution in [2.24, 2.45) is 17.8 Å². The zero-order valence-electron chi connectivity index (χ0n) is 24.4. The van der Waals surface area contributed by atoms with E-state index < -0.39 is 11.9 Å². The van der Waals surface area contributed by atoms with Crippen LogP contribution >= 0.6 is 11.6 Å². The van der Waals surface area contributed by atoms with Gasteiger partial charge in [0, 0.05) is 36.8 Å². The topological polar surface area (TPSA) is 99.7 Å². The second-order valence-electron chi connectivity index (χ2n) is 11.5. The Hall–Kier alpha value is -3.76. The summed E-state index contributed by atoms with van der Waals surface area (Å²) in [7, 11) is 2.17. The van der Waals surface area contributed by atoms with Gasteiger partial charge in [-0.1, -0.05) is 18.2 Å². The van der Waals surface area contributed by atoms with E-state index in [1.54, 1.807) is 12.1 Å². The molecule has 9 nitrogen and oxygen atoms in total. The number of benzene rings is 2. The molecule has 0 spiro atoms. The number of nitrogens with one attached hydrogen (secondary N) is 2. The van der Waals surface area contributed by atoms with Gasteiger partial charge < -0.3 is 25.2 Å². The lowest BCUT2D eigenvalue weighted by molar-refractivity contribution is -0.132. The zero-order chi connectivity index (χ0) is 30.2. The summed E-state index contributed by atoms with van der Waals surface area (Å²) in [6.45, 7) is 6.78. The lowest BCUT2D eigenvalue weighted by Gasteiger charge is -2.24. The highest BCUT2D eigenvalue weighted by Crippen LogP contribution is 2.42. The summed E-state index contributed by atoms with van der Waals surface area (Å²) in [6.07, 6.45) is 6.02. The van der Waals surface area contributed by atoms with Crippen LogP contribution in [-0.2, 0) is 9.59 Å². The molecule has 2 aliphatic heterocycles. The number of carbonyl (C=O) groups is 2. The van der Waals surface area contributed by atoms with Crippen LogP contribution in [0.4, 0.5) is 21.6 Å². The Balaban J connectivity index is 1.32. The van der Waals surface area contributed by atoms with Gasteiger partial charge in [0.25, 0.3) is 0 Å². The number of likely N-dealkylation sites (tertiary alicyclic amines) is 2. The smallest absolute Gasteiger partial charge is 0.247 e. The number of hydrogen-bond acceptors (Lipinski definition) is 7. The minimum absolute atomic E-state index is 0.116. The third-order valence-corrected chi connectivity index (χ3v) is 8.92. The quantitative estimate of drug-likeness (QED) is 0.344. The Kier molecular flexibility index (Phi) is 7.65. The second kappa shape index (κ2) is 11.9. The van der Waals surface area contributed by atoms with Gasteiger partial charge >= 0.3 is 0 Å². The molecule has 6 rings (SSSR count). The highest BCUT2D eigenvalue weighted by atomic mass is 35.5. The van der Waals surface area contributed by atoms with Crippen LogP contribution < -0.4 is 15.4 Å². The lowest BCUT2D eigenvalue weighted by Crippen LogP contribution is -2.42. The Morgan fingerprint density at radius 1 is 1.24 bits per heavy atom. The number of halogens is 2. The molecule has 3 aliphatic rings. The van der Waals surface area contributed by atoms with Crippen molar-refractivity contribution in [1.29, 1.82) is 0 Å². The summed E-state index contributed by atoms with van der Waals surface area (Å²) in [5, 5.41) is 4.39. The number of amides is 2. The van der Waals surface area contributed by atoms with E-state index in [9.17, 15) is 14.0 Å². The molecule has 220 valence electrons. The van der Waals surface area contributed by atoms with Gasteiger partial charge in [-0.3, -0.25) is 9.59 Å². The molecule has 3 unspecified atom stereocenters. The molecule has 1 saturated carbocycles. The fourth-order valence-corrected chi connectivity index (χ4v) is 6.87. The number of fused-ring (bicyclic) bond motifs is 2. The van der Waals surface area contributed by atoms with E-state index in [2.05, 4.69) is 33.8 Å². The number of aromatic nitrogens is 2. The predicted octanol–water partition coefficient (Wildman–Crippen LogP) is 5.25. The molecule has 0 bridgehead atoms. The molecule has 2 amide bonds. The first kappa shape index (κ1) is 27.1. The van der Waals surface area contributed by atoms with E-state index in [0.717, 1.165) is 31.2 Å². The van der Waals surface area contributed by atoms with Gasteiger partial charge in [-0.2, -0.15) is 0 Å². The fourth-order valence-electron chi connectivity index (χ4n) is 6.69. The summed E-state index contributed by atoms with van der Waals surface area (Å²) < 4.78 is 29.0. The Morgan fingerprint density at radius 3 is 2.76 bits per heavy atom. The van der Waals surface area contributed by atoms with Crippen molar-refractivity contribution in [3.8, 4) is 5.75 Å². The first-order valence-corrected chi connectivity index (χ1v) is 14.7. The SMILES string of the molecule is [2H]N(c1ccc(F)c(Cl)c1)c1ncnc2cc(OCC3CC4CN(C)CC4C3)c(NC(=O)C3CCCN3C(=O)C=C)cc12. The monoisotopic (exact) mass is 593 g/mol. The molecule has 3 fully saturated rings. The van der Waals surface area contributed by atoms with Crippen LogP contribution in [0, 0.1) is 23.6 Å². The molecule has 2 saturated heterocycles. The Labute approximate surface area is 250 Å². The highest BCUT2D eigenvalue weighted by Gasteiger charge is 2.40. The van der Waals surface area contributed by atoms with Gasteiger partial charge in [-0.15, -0.1) is 0 Å². The molecule has 3 aromatic rings. The van der Waals surface area contributed by atoms with Crippen molar-refractivity contribution in [3.05, 3.63) is 60.2 Å². The average Bonchev–Trinajstić information content (AvgIpc) is 3.71. The standard InChI is InChI=1S/C31H34ClFN6O3/c1-3-29(40)39-8-4-5-27(39)31(41)37-26-12-22-25(34-17-35-30(22)36-21-6-7-24(33)23(32)11-21)13-28(26)42-16-18-9-19-14-38(2)15-20(19)10-18/h3,6-7,11-13,17-20,27H,1,4-5,8-10,14-16H2,2H3,(H,37,41)(H,34,35,36)/i/hD. The molecule has 3 atom stereocenters. The van der Waals surface area contributed by atoms with Gasteiger partial charge in [0.2, 0.25) is 11.8 Å². The van der Waals surface area contributed by atoms with Crippen LogP contribution in [0.15, 0.2) is 49.3 Å². The number of rotatable bonds is 8. The Bertz CT molecular complexity index is 1560. The molecule has 0 radical (unpaired) electrons. The van der Waals surface area contributed by atoms with Crippen molar-refractivity contribution in [1.82, 2.24) is 19.8 Å². The van der Waals surface area contributed by atoms with Crippen LogP contribution in [-0.4, -0.2) is 70.9 Å². The molecule has 3 heterocycles. The molecular formula is C31H34ClFN6O3. The van der Waals surface area contributed by atoms with Gasteiger partial charge in [-0.05, 0) is 80.8 Å². The number of hydrogen-bond donors (Lipinski definition) is 2. The molecule has 2 N–H and O–H groups in total. The van der Waals surface area contributed by atoms with Crippen molar-refractivity contribution in [3.63, 3.8) is 0 Å². The van der Waals surface area contributed by atoms with Gasteiger partial charge in [0.05, 0.1) is 22.8 Å². The lowest BCUT2D eigenvalue weighted by atomic mass is 10.0. The summed E-state index contributed by atoms with van der Waals surface area (Å²) in [5.41, 5.74) is 1.21. The summed E-state index contributed by atoms with van der Waals surface area (Å²) in [4.78, 5) is 38.6. The maximum absolute atomic E-state index is 13.8. The molecule has 1 aliphatic carbocycles. The minimum Gasteiger partial charge on any atom is -0.491 e. The third-order valence-electron chi connectivity index (χ3n) is 8.63. The summed E-state index contributed by atoms with van der Waals surface area (Å²) in [5.74, 6) is 1.24. The first-order chi connectivity index (χ1) is 20.7. The zero-order valence-corrected chi connectivity index (χ0v) is 24.2. The van der Waals surface area contributed by atoms with Crippen molar-refractivity contribution >= 4 is 51.5 Å². The molecule has 2 aromatic carbocycles. The predicted molar refractivity (Wildman–Crippen MR) is 160 cm³/mol. The first-order valence-electron chi connectivity index (χ1n) is 14.7. The number of ether oxygens (including phenoxy) is 1. The average molecular weight is 594 g/mol. The van der Waals surface area contributed by atoms with Crippen molar-refractivity contribution < 1.29 is 20.1 Å². The molecular weight excluding hydrogens is 559 g/mol.